The summed E-state index contributed by atoms with van der Waals surface area (Å²) in [6, 6.07) is 0.254. The summed E-state index contributed by atoms with van der Waals surface area (Å²) < 4.78 is 0. The summed E-state index contributed by atoms with van der Waals surface area (Å²) in [5, 5.41) is 13.0. The molecule has 5 saturated carbocycles. The third-order valence-corrected chi connectivity index (χ3v) is 8.14. The second-order valence-electron chi connectivity index (χ2n) is 9.97. The lowest BCUT2D eigenvalue weighted by Crippen LogP contribution is -2.58. The molecule has 0 aromatic heterocycles. The number of hydrogen-bond acceptors (Lipinski definition) is 2. The molecule has 2 N–H and O–H groups in total. The topological polar surface area (TPSA) is 66.4 Å². The second-order valence-corrected chi connectivity index (χ2v) is 9.97. The monoisotopic (exact) mass is 361 g/mol. The van der Waals surface area contributed by atoms with Crippen molar-refractivity contribution < 1.29 is 14.7 Å². The molecule has 5 rings (SSSR count). The van der Waals surface area contributed by atoms with Crippen LogP contribution in [0.2, 0.25) is 0 Å². The van der Waals surface area contributed by atoms with Crippen LogP contribution < -0.4 is 5.32 Å². The van der Waals surface area contributed by atoms with Crippen molar-refractivity contribution in [3.8, 4) is 0 Å². The van der Waals surface area contributed by atoms with Gasteiger partial charge in [-0.15, -0.1) is 0 Å². The van der Waals surface area contributed by atoms with Crippen molar-refractivity contribution in [2.75, 3.05) is 0 Å². The largest absolute Gasteiger partial charge is 0.481 e. The molecule has 146 valence electrons. The Morgan fingerprint density at radius 2 is 1.54 bits per heavy atom. The van der Waals surface area contributed by atoms with Gasteiger partial charge in [-0.25, -0.2) is 0 Å². The van der Waals surface area contributed by atoms with Gasteiger partial charge in [0.15, 0.2) is 0 Å². The molecule has 5 aliphatic carbocycles. The van der Waals surface area contributed by atoms with E-state index in [9.17, 15) is 14.7 Å². The zero-order valence-corrected chi connectivity index (χ0v) is 16.2. The first kappa shape index (κ1) is 18.3. The standard InChI is InChI=1S/C22H35NO3/c1-2-5-19(22-11-14-8-15(12-22)10-16(9-14)13-22)23-20(24)17-6-3-4-7-18(17)21(25)26/h14-19H,2-13H2,1H3,(H,23,24)(H,25,26)/t14?,15?,16?,17-,18+,19-,22?/m0/s1. The van der Waals surface area contributed by atoms with Crippen LogP contribution in [0.4, 0.5) is 0 Å². The van der Waals surface area contributed by atoms with Crippen molar-refractivity contribution >= 4 is 11.9 Å². The zero-order valence-electron chi connectivity index (χ0n) is 16.2. The van der Waals surface area contributed by atoms with Crippen LogP contribution in [-0.4, -0.2) is 23.0 Å². The first-order valence-corrected chi connectivity index (χ1v) is 11.0. The summed E-state index contributed by atoms with van der Waals surface area (Å²) >= 11 is 0. The first-order valence-electron chi connectivity index (χ1n) is 11.0. The minimum Gasteiger partial charge on any atom is -0.481 e. The predicted molar refractivity (Wildman–Crippen MR) is 101 cm³/mol. The van der Waals surface area contributed by atoms with Crippen LogP contribution in [0.1, 0.15) is 84.0 Å². The number of hydrogen-bond donors (Lipinski definition) is 2. The van der Waals surface area contributed by atoms with Crippen LogP contribution in [0.5, 0.6) is 0 Å². The summed E-state index contributed by atoms with van der Waals surface area (Å²) in [5.74, 6) is 1.06. The lowest BCUT2D eigenvalue weighted by Gasteiger charge is -2.59. The normalized spacial score (nSPS) is 42.4. The van der Waals surface area contributed by atoms with Gasteiger partial charge in [-0.05, 0) is 81.0 Å². The van der Waals surface area contributed by atoms with E-state index < -0.39 is 11.9 Å². The molecule has 1 amide bonds. The maximum atomic E-state index is 13.1. The summed E-state index contributed by atoms with van der Waals surface area (Å²) in [6.45, 7) is 2.21. The maximum absolute atomic E-state index is 13.1. The van der Waals surface area contributed by atoms with E-state index in [1.54, 1.807) is 0 Å². The molecule has 0 heterocycles. The molecule has 0 aliphatic heterocycles. The van der Waals surface area contributed by atoms with Gasteiger partial charge in [0, 0.05) is 6.04 Å². The molecule has 0 aromatic rings. The Hall–Kier alpha value is -1.06. The van der Waals surface area contributed by atoms with E-state index >= 15 is 0 Å². The minimum atomic E-state index is -0.785. The molecule has 0 saturated heterocycles. The fourth-order valence-electron chi connectivity index (χ4n) is 7.44. The van der Waals surface area contributed by atoms with Crippen LogP contribution in [0.3, 0.4) is 0 Å². The lowest BCUT2D eigenvalue weighted by atomic mass is 9.47. The van der Waals surface area contributed by atoms with Crippen LogP contribution in [-0.2, 0) is 9.59 Å². The molecule has 4 heteroatoms. The van der Waals surface area contributed by atoms with Gasteiger partial charge < -0.3 is 10.4 Å². The third-order valence-electron chi connectivity index (χ3n) is 8.14. The smallest absolute Gasteiger partial charge is 0.307 e. The van der Waals surface area contributed by atoms with Crippen molar-refractivity contribution in [2.45, 2.75) is 90.0 Å². The van der Waals surface area contributed by atoms with Gasteiger partial charge in [0.1, 0.15) is 0 Å². The number of nitrogens with one attached hydrogen (secondary N) is 1. The Balaban J connectivity index is 1.50. The average Bonchev–Trinajstić information content (AvgIpc) is 2.60. The van der Waals surface area contributed by atoms with Crippen molar-refractivity contribution in [1.82, 2.24) is 5.32 Å². The van der Waals surface area contributed by atoms with Gasteiger partial charge in [0.05, 0.1) is 11.8 Å². The highest BCUT2D eigenvalue weighted by Crippen LogP contribution is 2.61. The van der Waals surface area contributed by atoms with E-state index in [-0.39, 0.29) is 17.9 Å². The van der Waals surface area contributed by atoms with Crippen LogP contribution in [0.25, 0.3) is 0 Å². The molecule has 26 heavy (non-hydrogen) atoms. The van der Waals surface area contributed by atoms with Gasteiger partial charge >= 0.3 is 5.97 Å². The molecule has 0 aromatic carbocycles. The number of carbonyl (C=O) groups is 2. The molecule has 0 spiro atoms. The predicted octanol–water partition coefficient (Wildman–Crippen LogP) is 4.38. The van der Waals surface area contributed by atoms with Crippen LogP contribution in [0.15, 0.2) is 0 Å². The van der Waals surface area contributed by atoms with Crippen molar-refractivity contribution in [2.24, 2.45) is 35.0 Å². The zero-order chi connectivity index (χ0) is 18.3. The number of carboxylic acids is 1. The van der Waals surface area contributed by atoms with Gasteiger partial charge in [-0.2, -0.15) is 0 Å². The van der Waals surface area contributed by atoms with Crippen molar-refractivity contribution in [3.05, 3.63) is 0 Å². The Morgan fingerprint density at radius 1 is 1.00 bits per heavy atom. The second kappa shape index (κ2) is 7.16. The van der Waals surface area contributed by atoms with E-state index in [1.807, 2.05) is 0 Å². The Labute approximate surface area is 157 Å². The van der Waals surface area contributed by atoms with Crippen LogP contribution in [0, 0.1) is 35.0 Å². The van der Waals surface area contributed by atoms with E-state index in [4.69, 9.17) is 0 Å². The third kappa shape index (κ3) is 3.29. The number of amides is 1. The molecular formula is C22H35NO3. The molecule has 5 aliphatic rings. The molecule has 3 atom stereocenters. The SMILES string of the molecule is CCC[C@H](NC(=O)[C@H]1CCCC[C@H]1C(=O)O)C12CC3CC(CC(C3)C1)C2. The Morgan fingerprint density at radius 3 is 2.04 bits per heavy atom. The van der Waals surface area contributed by atoms with Gasteiger partial charge in [-0.3, -0.25) is 9.59 Å². The molecule has 4 nitrogen and oxygen atoms in total. The number of carbonyl (C=O) groups excluding carboxylic acids is 1. The van der Waals surface area contributed by atoms with E-state index in [2.05, 4.69) is 12.2 Å². The number of rotatable bonds is 6. The Kier molecular flexibility index (Phi) is 5.04. The van der Waals surface area contributed by atoms with Gasteiger partial charge in [0.25, 0.3) is 0 Å². The Bertz CT molecular complexity index is 522. The lowest BCUT2D eigenvalue weighted by molar-refractivity contribution is -0.150. The van der Waals surface area contributed by atoms with E-state index in [0.29, 0.717) is 11.8 Å². The minimum absolute atomic E-state index is 0.0336. The maximum Gasteiger partial charge on any atom is 0.307 e. The highest BCUT2D eigenvalue weighted by molar-refractivity contribution is 5.85. The molecular weight excluding hydrogens is 326 g/mol. The first-order chi connectivity index (χ1) is 12.5. The molecule has 5 fully saturated rings. The average molecular weight is 362 g/mol. The van der Waals surface area contributed by atoms with E-state index in [0.717, 1.165) is 49.9 Å². The van der Waals surface area contributed by atoms with Crippen molar-refractivity contribution in [1.29, 1.82) is 0 Å². The highest BCUT2D eigenvalue weighted by atomic mass is 16.4. The molecule has 0 unspecified atom stereocenters. The summed E-state index contributed by atoms with van der Waals surface area (Å²) in [5.41, 5.74) is 0.299. The van der Waals surface area contributed by atoms with Crippen LogP contribution >= 0.6 is 0 Å². The molecule has 0 radical (unpaired) electrons. The summed E-state index contributed by atoms with van der Waals surface area (Å²) in [6.07, 6.45) is 13.5. The fourth-order valence-corrected chi connectivity index (χ4v) is 7.44. The van der Waals surface area contributed by atoms with Gasteiger partial charge in [0.2, 0.25) is 5.91 Å². The number of aliphatic carboxylic acids is 1. The van der Waals surface area contributed by atoms with E-state index in [1.165, 1.54) is 38.5 Å². The highest BCUT2D eigenvalue weighted by Gasteiger charge is 2.54. The summed E-state index contributed by atoms with van der Waals surface area (Å²) in [4.78, 5) is 24.7. The fraction of sp³-hybridized carbons (Fsp3) is 0.909. The van der Waals surface area contributed by atoms with Crippen molar-refractivity contribution in [3.63, 3.8) is 0 Å². The summed E-state index contributed by atoms with van der Waals surface area (Å²) in [7, 11) is 0. The number of carboxylic acid groups (broad SMARTS) is 1. The quantitative estimate of drug-likeness (QED) is 0.738. The van der Waals surface area contributed by atoms with Gasteiger partial charge in [-0.1, -0.05) is 26.2 Å². The molecule has 4 bridgehead atoms.